The molecule has 0 amide bonds. The van der Waals surface area contributed by atoms with Crippen LogP contribution in [0.4, 0.5) is 0 Å². The van der Waals surface area contributed by atoms with Crippen molar-refractivity contribution in [3.05, 3.63) is 0 Å². The van der Waals surface area contributed by atoms with Crippen LogP contribution in [0.25, 0.3) is 0 Å². The number of hydrogen-bond acceptors (Lipinski definition) is 3. The van der Waals surface area contributed by atoms with Crippen LogP contribution in [0.15, 0.2) is 0 Å². The Balaban J connectivity index is 2.72. The van der Waals surface area contributed by atoms with Gasteiger partial charge in [0.2, 0.25) is 0 Å². The molecule has 0 aromatic carbocycles. The zero-order chi connectivity index (χ0) is 9.35. The highest BCUT2D eigenvalue weighted by atomic mass is 16.5. The van der Waals surface area contributed by atoms with Gasteiger partial charge in [0.1, 0.15) is 6.10 Å². The summed E-state index contributed by atoms with van der Waals surface area (Å²) in [6.45, 7) is 3.86. The van der Waals surface area contributed by atoms with E-state index < -0.39 is 17.8 Å². The summed E-state index contributed by atoms with van der Waals surface area (Å²) >= 11 is 0. The molecule has 0 radical (unpaired) electrons. The second-order valence-electron chi connectivity index (χ2n) is 3.82. The van der Waals surface area contributed by atoms with Gasteiger partial charge in [-0.1, -0.05) is 13.3 Å². The average molecular weight is 174 g/mol. The van der Waals surface area contributed by atoms with Crippen molar-refractivity contribution in [2.24, 2.45) is 5.92 Å². The predicted molar refractivity (Wildman–Crippen MR) is 45.8 cm³/mol. The van der Waals surface area contributed by atoms with E-state index in [1.54, 1.807) is 7.11 Å². The van der Waals surface area contributed by atoms with Crippen LogP contribution in [-0.2, 0) is 4.74 Å². The van der Waals surface area contributed by atoms with Crippen LogP contribution < -0.4 is 0 Å². The lowest BCUT2D eigenvalue weighted by atomic mass is 10.00. The SMILES string of the molecule is CCC1CC(C)(OC)C(O)C1O. The molecule has 0 spiro atoms. The zero-order valence-electron chi connectivity index (χ0n) is 7.95. The summed E-state index contributed by atoms with van der Waals surface area (Å²) in [5.74, 6) is 0.171. The van der Waals surface area contributed by atoms with Crippen molar-refractivity contribution < 1.29 is 14.9 Å². The normalized spacial score (nSPS) is 48.2. The molecule has 1 fully saturated rings. The predicted octanol–water partition coefficient (Wildman–Crippen LogP) is 0.543. The van der Waals surface area contributed by atoms with Crippen molar-refractivity contribution in [1.29, 1.82) is 0 Å². The summed E-state index contributed by atoms with van der Waals surface area (Å²) in [5.41, 5.74) is -0.555. The Labute approximate surface area is 73.4 Å². The van der Waals surface area contributed by atoms with Gasteiger partial charge in [0.05, 0.1) is 11.7 Å². The zero-order valence-corrected chi connectivity index (χ0v) is 7.95. The van der Waals surface area contributed by atoms with Gasteiger partial charge in [0, 0.05) is 7.11 Å². The van der Waals surface area contributed by atoms with Crippen molar-refractivity contribution in [3.8, 4) is 0 Å². The monoisotopic (exact) mass is 174 g/mol. The molecule has 0 heterocycles. The maximum Gasteiger partial charge on any atom is 0.109 e. The molecule has 0 aliphatic heterocycles. The Morgan fingerprint density at radius 3 is 2.33 bits per heavy atom. The fourth-order valence-corrected chi connectivity index (χ4v) is 1.97. The molecule has 12 heavy (non-hydrogen) atoms. The fraction of sp³-hybridized carbons (Fsp3) is 1.00. The smallest absolute Gasteiger partial charge is 0.109 e. The van der Waals surface area contributed by atoms with E-state index in [4.69, 9.17) is 4.74 Å². The minimum absolute atomic E-state index is 0.171. The van der Waals surface area contributed by atoms with Gasteiger partial charge in [-0.3, -0.25) is 0 Å². The van der Waals surface area contributed by atoms with Crippen molar-refractivity contribution in [1.82, 2.24) is 0 Å². The number of rotatable bonds is 2. The van der Waals surface area contributed by atoms with E-state index in [-0.39, 0.29) is 5.92 Å². The Morgan fingerprint density at radius 2 is 2.08 bits per heavy atom. The van der Waals surface area contributed by atoms with E-state index in [2.05, 4.69) is 0 Å². The molecular weight excluding hydrogens is 156 g/mol. The van der Waals surface area contributed by atoms with Crippen LogP contribution in [0.3, 0.4) is 0 Å². The number of aliphatic hydroxyl groups is 2. The summed E-state index contributed by atoms with van der Waals surface area (Å²) < 4.78 is 5.20. The third-order valence-electron chi connectivity index (χ3n) is 3.09. The first kappa shape index (κ1) is 9.96. The topological polar surface area (TPSA) is 49.7 Å². The van der Waals surface area contributed by atoms with Crippen LogP contribution in [0.5, 0.6) is 0 Å². The molecule has 1 aliphatic rings. The minimum Gasteiger partial charge on any atom is -0.390 e. The van der Waals surface area contributed by atoms with Crippen molar-refractivity contribution in [2.75, 3.05) is 7.11 Å². The first-order valence-electron chi connectivity index (χ1n) is 4.46. The van der Waals surface area contributed by atoms with E-state index in [1.807, 2.05) is 13.8 Å². The van der Waals surface area contributed by atoms with E-state index in [0.717, 1.165) is 12.8 Å². The van der Waals surface area contributed by atoms with Gasteiger partial charge in [-0.15, -0.1) is 0 Å². The van der Waals surface area contributed by atoms with Crippen molar-refractivity contribution in [2.45, 2.75) is 44.5 Å². The van der Waals surface area contributed by atoms with Gasteiger partial charge >= 0.3 is 0 Å². The summed E-state index contributed by atoms with van der Waals surface area (Å²) in [7, 11) is 1.58. The van der Waals surface area contributed by atoms with Gasteiger partial charge < -0.3 is 14.9 Å². The molecule has 4 atom stereocenters. The number of aliphatic hydroxyl groups excluding tert-OH is 2. The maximum absolute atomic E-state index is 9.64. The molecule has 1 aliphatic carbocycles. The lowest BCUT2D eigenvalue weighted by Gasteiger charge is -2.26. The van der Waals surface area contributed by atoms with E-state index in [9.17, 15) is 10.2 Å². The van der Waals surface area contributed by atoms with Gasteiger partial charge in [-0.05, 0) is 19.3 Å². The molecule has 3 heteroatoms. The lowest BCUT2D eigenvalue weighted by molar-refractivity contribution is -0.0986. The van der Waals surface area contributed by atoms with Gasteiger partial charge in [0.25, 0.3) is 0 Å². The molecule has 4 unspecified atom stereocenters. The largest absolute Gasteiger partial charge is 0.390 e. The number of methoxy groups -OCH3 is 1. The third-order valence-corrected chi connectivity index (χ3v) is 3.09. The Hall–Kier alpha value is -0.120. The van der Waals surface area contributed by atoms with Crippen LogP contribution in [0.2, 0.25) is 0 Å². The van der Waals surface area contributed by atoms with E-state index in [1.165, 1.54) is 0 Å². The summed E-state index contributed by atoms with van der Waals surface area (Å²) in [6.07, 6.45) is 0.256. The van der Waals surface area contributed by atoms with Crippen LogP contribution in [-0.4, -0.2) is 35.1 Å². The average Bonchev–Trinajstić information content (AvgIpc) is 2.31. The molecule has 3 nitrogen and oxygen atoms in total. The Kier molecular flexibility index (Phi) is 2.76. The van der Waals surface area contributed by atoms with E-state index in [0.29, 0.717) is 0 Å². The van der Waals surface area contributed by atoms with Gasteiger partial charge in [-0.2, -0.15) is 0 Å². The first-order valence-corrected chi connectivity index (χ1v) is 4.46. The molecule has 72 valence electrons. The number of ether oxygens (including phenoxy) is 1. The molecule has 0 aromatic heterocycles. The molecule has 0 bridgehead atoms. The standard InChI is InChI=1S/C9H18O3/c1-4-6-5-9(2,12-3)8(11)7(6)10/h6-8,10-11H,4-5H2,1-3H3. The minimum atomic E-state index is -0.743. The summed E-state index contributed by atoms with van der Waals surface area (Å²) in [5, 5.41) is 19.2. The Morgan fingerprint density at radius 1 is 1.50 bits per heavy atom. The fourth-order valence-electron chi connectivity index (χ4n) is 1.97. The van der Waals surface area contributed by atoms with Crippen LogP contribution >= 0.6 is 0 Å². The summed E-state index contributed by atoms with van der Waals surface area (Å²) in [6, 6.07) is 0. The van der Waals surface area contributed by atoms with E-state index >= 15 is 0 Å². The highest BCUT2D eigenvalue weighted by Crippen LogP contribution is 2.38. The lowest BCUT2D eigenvalue weighted by Crippen LogP contribution is -2.41. The molecule has 1 rings (SSSR count). The maximum atomic E-state index is 9.64. The second-order valence-corrected chi connectivity index (χ2v) is 3.82. The van der Waals surface area contributed by atoms with Gasteiger partial charge in [-0.25, -0.2) is 0 Å². The highest BCUT2D eigenvalue weighted by molar-refractivity contribution is 5.00. The molecular formula is C9H18O3. The van der Waals surface area contributed by atoms with Crippen LogP contribution in [0.1, 0.15) is 26.7 Å². The van der Waals surface area contributed by atoms with Crippen molar-refractivity contribution >= 4 is 0 Å². The quantitative estimate of drug-likeness (QED) is 0.642. The van der Waals surface area contributed by atoms with Gasteiger partial charge in [0.15, 0.2) is 0 Å². The third kappa shape index (κ3) is 1.37. The second kappa shape index (κ2) is 3.32. The highest BCUT2D eigenvalue weighted by Gasteiger charge is 2.49. The molecule has 1 saturated carbocycles. The molecule has 0 saturated heterocycles. The molecule has 0 aromatic rings. The molecule has 2 N–H and O–H groups in total. The summed E-state index contributed by atoms with van der Waals surface area (Å²) in [4.78, 5) is 0. The Bertz CT molecular complexity index is 160. The first-order chi connectivity index (χ1) is 5.55. The van der Waals surface area contributed by atoms with Crippen LogP contribution in [0, 0.1) is 5.92 Å². The number of hydrogen-bond donors (Lipinski definition) is 2. The van der Waals surface area contributed by atoms with Crippen molar-refractivity contribution in [3.63, 3.8) is 0 Å².